The first kappa shape index (κ1) is 31.5. The van der Waals surface area contributed by atoms with Gasteiger partial charge in [-0.1, -0.05) is 159 Å². The Morgan fingerprint density at radius 3 is 1.38 bits per heavy atom. The van der Waals surface area contributed by atoms with Gasteiger partial charge in [-0.3, -0.25) is 4.98 Å². The third kappa shape index (κ3) is 5.69. The molecule has 0 fully saturated rings. The Balaban J connectivity index is 1.07. The molecule has 0 radical (unpaired) electrons. The van der Waals surface area contributed by atoms with Crippen LogP contribution in [0.1, 0.15) is 25.0 Å². The van der Waals surface area contributed by atoms with Crippen LogP contribution in [0.4, 0.5) is 17.1 Å². The molecule has 0 N–H and O–H groups in total. The Kier molecular flexibility index (Phi) is 7.86. The van der Waals surface area contributed by atoms with Crippen molar-refractivity contribution in [1.29, 1.82) is 0 Å². The molecule has 0 amide bonds. The molecule has 0 bridgehead atoms. The smallest absolute Gasteiger partial charge is 0.0702 e. The minimum absolute atomic E-state index is 0.0924. The summed E-state index contributed by atoms with van der Waals surface area (Å²) in [6.07, 6.45) is 1.96. The highest BCUT2D eigenvalue weighted by Gasteiger charge is 2.35. The second kappa shape index (κ2) is 13.0. The van der Waals surface area contributed by atoms with Crippen LogP contribution < -0.4 is 4.90 Å². The lowest BCUT2D eigenvalue weighted by Crippen LogP contribution is -2.16. The van der Waals surface area contributed by atoms with E-state index in [0.717, 1.165) is 33.9 Å². The zero-order valence-electron chi connectivity index (χ0n) is 29.4. The second-order valence-corrected chi connectivity index (χ2v) is 14.1. The number of aromatic nitrogens is 1. The highest BCUT2D eigenvalue weighted by molar-refractivity contribution is 5.86. The molecule has 8 aromatic rings. The van der Waals surface area contributed by atoms with Gasteiger partial charge in [-0.15, -0.1) is 0 Å². The van der Waals surface area contributed by atoms with Crippen LogP contribution >= 0.6 is 0 Å². The molecular formula is C50H38N2. The monoisotopic (exact) mass is 666 g/mol. The average molecular weight is 667 g/mol. The van der Waals surface area contributed by atoms with Crippen LogP contribution in [0.2, 0.25) is 0 Å². The molecule has 2 heteroatoms. The first-order valence-electron chi connectivity index (χ1n) is 18.0. The molecule has 0 atom stereocenters. The lowest BCUT2D eigenvalue weighted by atomic mass is 9.82. The Morgan fingerprint density at radius 1 is 0.365 bits per heavy atom. The fourth-order valence-corrected chi connectivity index (χ4v) is 7.71. The summed E-state index contributed by atoms with van der Waals surface area (Å²) >= 11 is 0. The van der Waals surface area contributed by atoms with Gasteiger partial charge in [0.2, 0.25) is 0 Å². The van der Waals surface area contributed by atoms with Crippen LogP contribution in [0.25, 0.3) is 55.8 Å². The number of anilines is 3. The third-order valence-corrected chi connectivity index (χ3v) is 10.6. The number of hydrogen-bond acceptors (Lipinski definition) is 2. The Hall–Kier alpha value is -6.51. The van der Waals surface area contributed by atoms with Crippen molar-refractivity contribution < 1.29 is 0 Å². The van der Waals surface area contributed by atoms with Gasteiger partial charge in [0.15, 0.2) is 0 Å². The highest BCUT2D eigenvalue weighted by atomic mass is 15.1. The van der Waals surface area contributed by atoms with E-state index < -0.39 is 0 Å². The number of nitrogens with zero attached hydrogens (tertiary/aromatic N) is 2. The van der Waals surface area contributed by atoms with Crippen molar-refractivity contribution in [3.8, 4) is 55.8 Å². The number of fused-ring (bicyclic) bond motifs is 3. The van der Waals surface area contributed by atoms with E-state index in [9.17, 15) is 0 Å². The predicted molar refractivity (Wildman–Crippen MR) is 218 cm³/mol. The van der Waals surface area contributed by atoms with Gasteiger partial charge < -0.3 is 4.90 Å². The van der Waals surface area contributed by atoms with Gasteiger partial charge >= 0.3 is 0 Å². The van der Waals surface area contributed by atoms with Crippen LogP contribution in [0, 0.1) is 0 Å². The first-order valence-corrected chi connectivity index (χ1v) is 18.0. The van der Waals surface area contributed by atoms with Gasteiger partial charge in [0.25, 0.3) is 0 Å². The van der Waals surface area contributed by atoms with Crippen LogP contribution in [-0.4, -0.2) is 4.98 Å². The molecule has 0 spiro atoms. The fraction of sp³-hybridized carbons (Fsp3) is 0.0600. The topological polar surface area (TPSA) is 16.1 Å². The summed E-state index contributed by atoms with van der Waals surface area (Å²) in [6.45, 7) is 4.68. The largest absolute Gasteiger partial charge is 0.310 e. The molecule has 1 aliphatic carbocycles. The summed E-state index contributed by atoms with van der Waals surface area (Å²) in [5.74, 6) is 0. The lowest BCUT2D eigenvalue weighted by Gasteiger charge is -2.28. The summed E-state index contributed by atoms with van der Waals surface area (Å²) in [5, 5.41) is 0. The highest BCUT2D eigenvalue weighted by Crippen LogP contribution is 2.50. The lowest BCUT2D eigenvalue weighted by molar-refractivity contribution is 0.660. The summed E-state index contributed by atoms with van der Waals surface area (Å²) < 4.78 is 0. The number of benzene rings is 7. The quantitative estimate of drug-likeness (QED) is 0.168. The molecule has 248 valence electrons. The van der Waals surface area contributed by atoms with E-state index in [4.69, 9.17) is 4.98 Å². The van der Waals surface area contributed by atoms with Crippen molar-refractivity contribution >= 4 is 17.1 Å². The van der Waals surface area contributed by atoms with Gasteiger partial charge in [-0.25, -0.2) is 0 Å². The molecule has 0 saturated heterocycles. The maximum absolute atomic E-state index is 4.84. The summed E-state index contributed by atoms with van der Waals surface area (Å²) in [5.41, 5.74) is 17.8. The number of pyridine rings is 1. The maximum Gasteiger partial charge on any atom is 0.0702 e. The SMILES string of the molecule is CC1(C)c2ccccc2-c2ccc(N(c3ccc(-c4ccc(-c5ccccc5)cc4)cc3)c3ccc(-c4ccc(-c5ccccc5)cn4)cc3)cc21. The molecule has 9 rings (SSSR count). The van der Waals surface area contributed by atoms with Crippen molar-refractivity contribution in [2.24, 2.45) is 0 Å². The molecule has 0 aliphatic heterocycles. The number of hydrogen-bond donors (Lipinski definition) is 0. The van der Waals surface area contributed by atoms with Gasteiger partial charge in [-0.05, 0) is 92.5 Å². The van der Waals surface area contributed by atoms with Crippen LogP contribution in [0.3, 0.4) is 0 Å². The molecule has 0 unspecified atom stereocenters. The van der Waals surface area contributed by atoms with E-state index in [1.165, 1.54) is 50.1 Å². The molecule has 7 aromatic carbocycles. The predicted octanol–water partition coefficient (Wildman–Crippen LogP) is 13.5. The first-order chi connectivity index (χ1) is 25.5. The molecule has 52 heavy (non-hydrogen) atoms. The third-order valence-electron chi connectivity index (χ3n) is 10.6. The van der Waals surface area contributed by atoms with Crippen molar-refractivity contribution in [2.45, 2.75) is 19.3 Å². The minimum Gasteiger partial charge on any atom is -0.310 e. The standard InChI is InChI=1S/C50H38N2/c1-50(2)47-16-10-9-15-45(47)46-31-30-44(33-48(46)50)52(42-26-21-39(22-27-42)38-19-17-37(18-20-38)35-11-5-3-6-12-35)43-28-23-40(24-29-43)49-32-25-41(34-51-49)36-13-7-4-8-14-36/h3-34H,1-2H3. The van der Waals surface area contributed by atoms with E-state index in [1.807, 2.05) is 12.3 Å². The average Bonchev–Trinajstić information content (AvgIpc) is 3.45. The second-order valence-electron chi connectivity index (χ2n) is 14.1. The Morgan fingerprint density at radius 2 is 0.808 bits per heavy atom. The minimum atomic E-state index is -0.0924. The zero-order chi connectivity index (χ0) is 35.1. The van der Waals surface area contributed by atoms with Crippen molar-refractivity contribution in [1.82, 2.24) is 4.98 Å². The van der Waals surface area contributed by atoms with Crippen LogP contribution in [0.15, 0.2) is 194 Å². The molecule has 1 aromatic heterocycles. The van der Waals surface area contributed by atoms with Gasteiger partial charge in [0, 0.05) is 39.8 Å². The van der Waals surface area contributed by atoms with E-state index in [-0.39, 0.29) is 5.41 Å². The normalized spacial score (nSPS) is 12.6. The van der Waals surface area contributed by atoms with Crippen molar-refractivity contribution in [3.63, 3.8) is 0 Å². The fourth-order valence-electron chi connectivity index (χ4n) is 7.71. The Bertz CT molecular complexity index is 2350. The number of rotatable bonds is 7. The van der Waals surface area contributed by atoms with E-state index >= 15 is 0 Å². The maximum atomic E-state index is 4.84. The van der Waals surface area contributed by atoms with Gasteiger partial charge in [0.05, 0.1) is 5.69 Å². The molecule has 0 saturated carbocycles. The van der Waals surface area contributed by atoms with Crippen molar-refractivity contribution in [2.75, 3.05) is 4.90 Å². The molecule has 2 nitrogen and oxygen atoms in total. The van der Waals surface area contributed by atoms with E-state index in [1.54, 1.807) is 0 Å². The summed E-state index contributed by atoms with van der Waals surface area (Å²) in [4.78, 5) is 7.21. The Labute approximate surface area is 306 Å². The molecule has 1 aliphatic rings. The zero-order valence-corrected chi connectivity index (χ0v) is 29.4. The summed E-state index contributed by atoms with van der Waals surface area (Å²) in [7, 11) is 0. The van der Waals surface area contributed by atoms with Crippen LogP contribution in [0.5, 0.6) is 0 Å². The van der Waals surface area contributed by atoms with Gasteiger partial charge in [-0.2, -0.15) is 0 Å². The van der Waals surface area contributed by atoms with Crippen LogP contribution in [-0.2, 0) is 5.41 Å². The molecule has 1 heterocycles. The molecular weight excluding hydrogens is 629 g/mol. The van der Waals surface area contributed by atoms with Crippen molar-refractivity contribution in [3.05, 3.63) is 205 Å². The van der Waals surface area contributed by atoms with E-state index in [2.05, 4.69) is 201 Å². The summed E-state index contributed by atoms with van der Waals surface area (Å²) in [6, 6.07) is 67.6. The van der Waals surface area contributed by atoms with E-state index in [0.29, 0.717) is 0 Å². The van der Waals surface area contributed by atoms with Gasteiger partial charge in [0.1, 0.15) is 0 Å².